The van der Waals surface area contributed by atoms with Gasteiger partial charge in [0, 0.05) is 5.56 Å². The smallest absolute Gasteiger partial charge is 0.338 e. The van der Waals surface area contributed by atoms with Crippen molar-refractivity contribution in [1.29, 1.82) is 0 Å². The third-order valence-electron chi connectivity index (χ3n) is 3.25. The number of carboxylic acid groups (broad SMARTS) is 1. The number of nitrogens with zero attached hydrogens (tertiary/aromatic N) is 1. The molecule has 1 N–H and O–H groups in total. The Bertz CT molecular complexity index is 561. The fourth-order valence-electron chi connectivity index (χ4n) is 2.11. The van der Waals surface area contributed by atoms with Crippen LogP contribution in [0.2, 0.25) is 0 Å². The molecule has 0 spiro atoms. The zero-order valence-corrected chi connectivity index (χ0v) is 9.24. The lowest BCUT2D eigenvalue weighted by atomic mass is 9.72. The molecule has 94 valence electrons. The summed E-state index contributed by atoms with van der Waals surface area (Å²) >= 11 is 0. The van der Waals surface area contributed by atoms with E-state index in [1.807, 2.05) is 0 Å². The number of benzene rings is 1. The number of hydrogen-bond acceptors (Lipinski definition) is 3. The number of hydrogen-bond donors (Lipinski definition) is 1. The first-order valence-electron chi connectivity index (χ1n) is 5.32. The summed E-state index contributed by atoms with van der Waals surface area (Å²) in [6.45, 7) is 0. The van der Waals surface area contributed by atoms with Crippen molar-refractivity contribution in [2.75, 3.05) is 0 Å². The number of isocyanates is 1. The van der Waals surface area contributed by atoms with Crippen LogP contribution in [0.15, 0.2) is 17.1 Å². The molecule has 0 radical (unpaired) electrons. The Balaban J connectivity index is 2.57. The van der Waals surface area contributed by atoms with Gasteiger partial charge in [0.2, 0.25) is 6.08 Å². The molecule has 0 atom stereocenters. The molecule has 18 heavy (non-hydrogen) atoms. The van der Waals surface area contributed by atoms with Crippen molar-refractivity contribution in [1.82, 2.24) is 0 Å². The molecular weight excluding hydrogens is 244 g/mol. The Hall–Kier alpha value is -2.07. The van der Waals surface area contributed by atoms with Crippen LogP contribution in [0, 0.1) is 11.6 Å². The fraction of sp³-hybridized carbons (Fsp3) is 0.333. The van der Waals surface area contributed by atoms with Gasteiger partial charge in [-0.15, -0.1) is 0 Å². The van der Waals surface area contributed by atoms with Crippen molar-refractivity contribution >= 4 is 12.0 Å². The molecule has 1 fully saturated rings. The summed E-state index contributed by atoms with van der Waals surface area (Å²) in [5.74, 6) is -4.22. The maximum Gasteiger partial charge on any atom is 0.338 e. The van der Waals surface area contributed by atoms with Crippen LogP contribution >= 0.6 is 0 Å². The number of carbonyl (C=O) groups is 1. The van der Waals surface area contributed by atoms with E-state index in [1.54, 1.807) is 0 Å². The summed E-state index contributed by atoms with van der Waals surface area (Å²) in [6.07, 6.45) is 2.95. The molecule has 6 heteroatoms. The van der Waals surface area contributed by atoms with Crippen LogP contribution in [-0.2, 0) is 10.3 Å². The van der Waals surface area contributed by atoms with E-state index in [2.05, 4.69) is 4.99 Å². The van der Waals surface area contributed by atoms with Gasteiger partial charge in [-0.1, -0.05) is 6.07 Å². The first-order chi connectivity index (χ1) is 8.52. The van der Waals surface area contributed by atoms with Crippen molar-refractivity contribution in [2.45, 2.75) is 24.8 Å². The SMILES string of the molecule is O=C=NC1(c2ccc(C(=O)O)c(F)c2F)CCC1. The number of carbonyl (C=O) groups excluding carboxylic acids is 1. The Labute approximate surface area is 101 Å². The van der Waals surface area contributed by atoms with E-state index in [0.717, 1.165) is 12.5 Å². The number of aromatic carboxylic acids is 1. The summed E-state index contributed by atoms with van der Waals surface area (Å²) in [5, 5.41) is 8.67. The number of aliphatic imine (C=N–C) groups is 1. The van der Waals surface area contributed by atoms with Crippen molar-refractivity contribution in [3.05, 3.63) is 34.9 Å². The van der Waals surface area contributed by atoms with E-state index < -0.39 is 28.7 Å². The minimum Gasteiger partial charge on any atom is -0.478 e. The predicted molar refractivity (Wildman–Crippen MR) is 57.0 cm³/mol. The van der Waals surface area contributed by atoms with Crippen molar-refractivity contribution in [2.24, 2.45) is 4.99 Å². The molecule has 2 rings (SSSR count). The summed E-state index contributed by atoms with van der Waals surface area (Å²) in [4.78, 5) is 24.6. The van der Waals surface area contributed by atoms with Gasteiger partial charge < -0.3 is 5.11 Å². The maximum absolute atomic E-state index is 13.8. The second-order valence-corrected chi connectivity index (χ2v) is 4.18. The molecule has 0 aromatic heterocycles. The Morgan fingerprint density at radius 1 is 1.33 bits per heavy atom. The Kier molecular flexibility index (Phi) is 2.97. The number of halogens is 2. The van der Waals surface area contributed by atoms with Gasteiger partial charge in [-0.25, -0.2) is 18.4 Å². The quantitative estimate of drug-likeness (QED) is 0.664. The van der Waals surface area contributed by atoms with Gasteiger partial charge in [-0.2, -0.15) is 4.99 Å². The largest absolute Gasteiger partial charge is 0.478 e. The topological polar surface area (TPSA) is 66.7 Å². The predicted octanol–water partition coefficient (Wildman–Crippen LogP) is 2.38. The number of carboxylic acids is 1. The van der Waals surface area contributed by atoms with Gasteiger partial charge in [-0.3, -0.25) is 0 Å². The zero-order chi connectivity index (χ0) is 13.3. The molecule has 0 amide bonds. The molecule has 1 aliphatic rings. The maximum atomic E-state index is 13.8. The highest BCUT2D eigenvalue weighted by atomic mass is 19.2. The highest BCUT2D eigenvalue weighted by molar-refractivity contribution is 5.88. The second kappa shape index (κ2) is 4.31. The minimum atomic E-state index is -1.54. The Morgan fingerprint density at radius 3 is 2.44 bits per heavy atom. The van der Waals surface area contributed by atoms with Crippen LogP contribution in [0.25, 0.3) is 0 Å². The van der Waals surface area contributed by atoms with Crippen molar-refractivity contribution in [3.63, 3.8) is 0 Å². The molecule has 0 heterocycles. The summed E-state index contributed by atoms with van der Waals surface area (Å²) in [6, 6.07) is 2.15. The van der Waals surface area contributed by atoms with Gasteiger partial charge in [-0.05, 0) is 25.3 Å². The van der Waals surface area contributed by atoms with Gasteiger partial charge >= 0.3 is 5.97 Å². The van der Waals surface area contributed by atoms with E-state index >= 15 is 0 Å². The molecule has 0 unspecified atom stereocenters. The lowest BCUT2D eigenvalue weighted by Crippen LogP contribution is -2.33. The summed E-state index contributed by atoms with van der Waals surface area (Å²) in [7, 11) is 0. The standard InChI is InChI=1S/C12H9F2NO3/c13-9-7(11(17)18)2-3-8(10(9)14)12(15-6-16)4-1-5-12/h2-3H,1,4-5H2,(H,17,18). The third-order valence-corrected chi connectivity index (χ3v) is 3.25. The lowest BCUT2D eigenvalue weighted by Gasteiger charge is -2.37. The average Bonchev–Trinajstić information content (AvgIpc) is 2.27. The van der Waals surface area contributed by atoms with Gasteiger partial charge in [0.05, 0.1) is 5.56 Å². The highest BCUT2D eigenvalue weighted by Gasteiger charge is 2.42. The summed E-state index contributed by atoms with van der Waals surface area (Å²) in [5.41, 5.74) is -1.90. The fourth-order valence-corrected chi connectivity index (χ4v) is 2.11. The van der Waals surface area contributed by atoms with E-state index in [1.165, 1.54) is 12.1 Å². The van der Waals surface area contributed by atoms with Crippen molar-refractivity contribution in [3.8, 4) is 0 Å². The normalized spacial score (nSPS) is 16.6. The minimum absolute atomic E-state index is 0.0837. The van der Waals surface area contributed by atoms with Crippen LogP contribution in [0.5, 0.6) is 0 Å². The zero-order valence-electron chi connectivity index (χ0n) is 9.24. The van der Waals surface area contributed by atoms with E-state index in [-0.39, 0.29) is 5.56 Å². The lowest BCUT2D eigenvalue weighted by molar-refractivity contribution is 0.0690. The first kappa shape index (κ1) is 12.4. The molecule has 0 aliphatic heterocycles. The third kappa shape index (κ3) is 1.71. The number of rotatable bonds is 3. The van der Waals surface area contributed by atoms with E-state index in [4.69, 9.17) is 5.11 Å². The molecule has 1 aromatic carbocycles. The average molecular weight is 253 g/mol. The van der Waals surface area contributed by atoms with E-state index in [9.17, 15) is 18.4 Å². The van der Waals surface area contributed by atoms with Gasteiger partial charge in [0.1, 0.15) is 5.54 Å². The first-order valence-corrected chi connectivity index (χ1v) is 5.32. The second-order valence-electron chi connectivity index (χ2n) is 4.18. The monoisotopic (exact) mass is 253 g/mol. The van der Waals surface area contributed by atoms with Crippen LogP contribution in [0.1, 0.15) is 35.2 Å². The van der Waals surface area contributed by atoms with Crippen LogP contribution in [0.3, 0.4) is 0 Å². The van der Waals surface area contributed by atoms with Gasteiger partial charge in [0.15, 0.2) is 11.6 Å². The van der Waals surface area contributed by atoms with Crippen LogP contribution < -0.4 is 0 Å². The highest BCUT2D eigenvalue weighted by Crippen LogP contribution is 2.46. The molecule has 1 saturated carbocycles. The Morgan fingerprint density at radius 2 is 2.00 bits per heavy atom. The molecule has 4 nitrogen and oxygen atoms in total. The van der Waals surface area contributed by atoms with Crippen LogP contribution in [0.4, 0.5) is 8.78 Å². The van der Waals surface area contributed by atoms with E-state index in [0.29, 0.717) is 12.8 Å². The molecule has 1 aromatic rings. The molecule has 0 bridgehead atoms. The van der Waals surface area contributed by atoms with Crippen molar-refractivity contribution < 1.29 is 23.5 Å². The summed E-state index contributed by atoms with van der Waals surface area (Å²) < 4.78 is 27.4. The molecule has 0 saturated heterocycles. The molecule has 1 aliphatic carbocycles. The van der Waals surface area contributed by atoms with Crippen LogP contribution in [-0.4, -0.2) is 17.2 Å². The van der Waals surface area contributed by atoms with Gasteiger partial charge in [0.25, 0.3) is 0 Å². The molecular formula is C12H9F2NO3.